The molecule has 0 aromatic heterocycles. The molecule has 0 amide bonds. The van der Waals surface area contributed by atoms with Crippen LogP contribution >= 0.6 is 0 Å². The fourth-order valence-electron chi connectivity index (χ4n) is 3.07. The molecular formula is C13H15NO. The van der Waals surface area contributed by atoms with E-state index in [2.05, 4.69) is 30.1 Å². The van der Waals surface area contributed by atoms with E-state index in [1.54, 1.807) is 0 Å². The predicted molar refractivity (Wildman–Crippen MR) is 60.2 cm³/mol. The molecule has 2 atom stereocenters. The third-order valence-electron chi connectivity index (χ3n) is 3.80. The van der Waals surface area contributed by atoms with Crippen molar-refractivity contribution in [3.63, 3.8) is 0 Å². The third-order valence-corrected chi connectivity index (χ3v) is 3.80. The van der Waals surface area contributed by atoms with Crippen LogP contribution in [0.3, 0.4) is 0 Å². The lowest BCUT2D eigenvalue weighted by Gasteiger charge is -2.29. The van der Waals surface area contributed by atoms with Crippen LogP contribution in [0.5, 0.6) is 0 Å². The average Bonchev–Trinajstić information content (AvgIpc) is 2.55. The van der Waals surface area contributed by atoms with Gasteiger partial charge in [0.1, 0.15) is 5.78 Å². The van der Waals surface area contributed by atoms with E-state index in [4.69, 9.17) is 0 Å². The standard InChI is InChI=1S/C13H15NO/c1-14-10-6-3-2-5-9(10)13-11(14)7-4-8-12(13)15/h2-3,5-6,11,13H,4,7-8H2,1H3/t11-,13-/m0/s1. The summed E-state index contributed by atoms with van der Waals surface area (Å²) in [6, 6.07) is 8.75. The Bertz CT molecular complexity index is 413. The zero-order valence-electron chi connectivity index (χ0n) is 8.94. The summed E-state index contributed by atoms with van der Waals surface area (Å²) in [5.41, 5.74) is 2.50. The molecule has 1 aromatic carbocycles. The summed E-state index contributed by atoms with van der Waals surface area (Å²) in [5, 5.41) is 0. The Balaban J connectivity index is 2.12. The number of benzene rings is 1. The number of hydrogen-bond donors (Lipinski definition) is 0. The van der Waals surface area contributed by atoms with Crippen molar-refractivity contribution >= 4 is 11.5 Å². The van der Waals surface area contributed by atoms with E-state index < -0.39 is 0 Å². The van der Waals surface area contributed by atoms with E-state index in [1.165, 1.54) is 11.3 Å². The highest BCUT2D eigenvalue weighted by Gasteiger charge is 2.42. The van der Waals surface area contributed by atoms with Gasteiger partial charge in [0.2, 0.25) is 0 Å². The van der Waals surface area contributed by atoms with Gasteiger partial charge in [0.05, 0.1) is 5.92 Å². The summed E-state index contributed by atoms with van der Waals surface area (Å²) >= 11 is 0. The molecule has 2 heteroatoms. The number of likely N-dealkylation sites (N-methyl/N-ethyl adjacent to an activating group) is 1. The van der Waals surface area contributed by atoms with Crippen LogP contribution in [-0.2, 0) is 4.79 Å². The zero-order chi connectivity index (χ0) is 10.4. The number of Topliss-reactive ketones (excluding diaryl/α,β-unsaturated/α-hetero) is 1. The van der Waals surface area contributed by atoms with Crippen molar-refractivity contribution in [2.45, 2.75) is 31.2 Å². The molecule has 2 nitrogen and oxygen atoms in total. The Kier molecular flexibility index (Phi) is 1.84. The maximum Gasteiger partial charge on any atom is 0.142 e. The van der Waals surface area contributed by atoms with E-state index in [1.807, 2.05) is 6.07 Å². The third kappa shape index (κ3) is 1.14. The van der Waals surface area contributed by atoms with Crippen LogP contribution in [0.4, 0.5) is 5.69 Å². The van der Waals surface area contributed by atoms with Gasteiger partial charge in [0.15, 0.2) is 0 Å². The number of rotatable bonds is 0. The Hall–Kier alpha value is -1.31. The van der Waals surface area contributed by atoms with E-state index in [0.717, 1.165) is 19.3 Å². The molecule has 1 aliphatic heterocycles. The number of para-hydroxylation sites is 1. The summed E-state index contributed by atoms with van der Waals surface area (Å²) in [6.45, 7) is 0. The quantitative estimate of drug-likeness (QED) is 0.642. The molecular weight excluding hydrogens is 186 g/mol. The number of nitrogens with zero attached hydrogens (tertiary/aromatic N) is 1. The van der Waals surface area contributed by atoms with Crippen molar-refractivity contribution in [1.29, 1.82) is 0 Å². The van der Waals surface area contributed by atoms with Crippen molar-refractivity contribution in [2.75, 3.05) is 11.9 Å². The van der Waals surface area contributed by atoms with E-state index in [9.17, 15) is 4.79 Å². The molecule has 0 saturated heterocycles. The first-order valence-electron chi connectivity index (χ1n) is 5.63. The van der Waals surface area contributed by atoms with Crippen LogP contribution in [0.1, 0.15) is 30.7 Å². The Morgan fingerprint density at radius 2 is 2.13 bits per heavy atom. The summed E-state index contributed by atoms with van der Waals surface area (Å²) in [4.78, 5) is 14.2. The van der Waals surface area contributed by atoms with Gasteiger partial charge in [-0.3, -0.25) is 4.79 Å². The second-order valence-electron chi connectivity index (χ2n) is 4.57. The van der Waals surface area contributed by atoms with Gasteiger partial charge in [-0.2, -0.15) is 0 Å². The molecule has 0 N–H and O–H groups in total. The molecule has 15 heavy (non-hydrogen) atoms. The SMILES string of the molecule is CN1c2ccccc2[C@@H]2C(=O)CCC[C@@H]21. The summed E-state index contributed by atoms with van der Waals surface area (Å²) in [6.07, 6.45) is 2.98. The topological polar surface area (TPSA) is 20.3 Å². The van der Waals surface area contributed by atoms with Gasteiger partial charge in [-0.15, -0.1) is 0 Å². The minimum absolute atomic E-state index is 0.153. The fourth-order valence-corrected chi connectivity index (χ4v) is 3.07. The molecule has 0 unspecified atom stereocenters. The van der Waals surface area contributed by atoms with Crippen molar-refractivity contribution in [3.05, 3.63) is 29.8 Å². The highest BCUT2D eigenvalue weighted by molar-refractivity contribution is 5.91. The number of hydrogen-bond acceptors (Lipinski definition) is 2. The Morgan fingerprint density at radius 1 is 1.33 bits per heavy atom. The number of carbonyl (C=O) groups is 1. The maximum absolute atomic E-state index is 12.0. The molecule has 2 aliphatic rings. The minimum Gasteiger partial charge on any atom is -0.370 e. The maximum atomic E-state index is 12.0. The molecule has 3 rings (SSSR count). The number of fused-ring (bicyclic) bond motifs is 3. The summed E-state index contributed by atoms with van der Waals surface area (Å²) < 4.78 is 0. The molecule has 0 bridgehead atoms. The smallest absolute Gasteiger partial charge is 0.142 e. The van der Waals surface area contributed by atoms with Crippen LogP contribution in [0.2, 0.25) is 0 Å². The predicted octanol–water partition coefficient (Wildman–Crippen LogP) is 2.34. The molecule has 0 spiro atoms. The van der Waals surface area contributed by atoms with Crippen LogP contribution in [0.25, 0.3) is 0 Å². The highest BCUT2D eigenvalue weighted by Crippen LogP contribution is 2.44. The molecule has 1 aliphatic carbocycles. The lowest BCUT2D eigenvalue weighted by atomic mass is 9.81. The lowest BCUT2D eigenvalue weighted by Crippen LogP contribution is -2.36. The molecule has 1 saturated carbocycles. The van der Waals surface area contributed by atoms with Crippen LogP contribution in [0, 0.1) is 0 Å². The monoisotopic (exact) mass is 201 g/mol. The first kappa shape index (κ1) is 8.96. The van der Waals surface area contributed by atoms with Gasteiger partial charge in [0.25, 0.3) is 0 Å². The molecule has 0 radical (unpaired) electrons. The number of ketones is 1. The molecule has 1 aromatic rings. The normalized spacial score (nSPS) is 28.9. The van der Waals surface area contributed by atoms with Gasteiger partial charge in [-0.05, 0) is 24.5 Å². The lowest BCUT2D eigenvalue weighted by molar-refractivity contribution is -0.122. The molecule has 1 fully saturated rings. The minimum atomic E-state index is 0.153. The van der Waals surface area contributed by atoms with Crippen LogP contribution in [0.15, 0.2) is 24.3 Å². The average molecular weight is 201 g/mol. The van der Waals surface area contributed by atoms with Gasteiger partial charge in [0, 0.05) is 25.2 Å². The Labute approximate surface area is 89.9 Å². The summed E-state index contributed by atoms with van der Waals surface area (Å²) in [7, 11) is 2.11. The number of anilines is 1. The van der Waals surface area contributed by atoms with Crippen LogP contribution in [-0.4, -0.2) is 18.9 Å². The van der Waals surface area contributed by atoms with Crippen LogP contribution < -0.4 is 4.90 Å². The number of carbonyl (C=O) groups excluding carboxylic acids is 1. The van der Waals surface area contributed by atoms with Gasteiger partial charge >= 0.3 is 0 Å². The van der Waals surface area contributed by atoms with Crippen molar-refractivity contribution in [3.8, 4) is 0 Å². The second kappa shape index (κ2) is 3.09. The highest BCUT2D eigenvalue weighted by atomic mass is 16.1. The van der Waals surface area contributed by atoms with E-state index in [0.29, 0.717) is 11.8 Å². The van der Waals surface area contributed by atoms with Crippen molar-refractivity contribution < 1.29 is 4.79 Å². The second-order valence-corrected chi connectivity index (χ2v) is 4.57. The van der Waals surface area contributed by atoms with E-state index >= 15 is 0 Å². The molecule has 78 valence electrons. The first-order valence-corrected chi connectivity index (χ1v) is 5.63. The Morgan fingerprint density at radius 3 is 3.00 bits per heavy atom. The molecule has 1 heterocycles. The summed E-state index contributed by atoms with van der Waals surface area (Å²) in [5.74, 6) is 0.586. The van der Waals surface area contributed by atoms with Crippen molar-refractivity contribution in [1.82, 2.24) is 0 Å². The zero-order valence-corrected chi connectivity index (χ0v) is 8.94. The largest absolute Gasteiger partial charge is 0.370 e. The van der Waals surface area contributed by atoms with E-state index in [-0.39, 0.29) is 5.92 Å². The van der Waals surface area contributed by atoms with Gasteiger partial charge in [-0.1, -0.05) is 18.2 Å². The first-order chi connectivity index (χ1) is 7.29. The van der Waals surface area contributed by atoms with Gasteiger partial charge < -0.3 is 4.90 Å². The van der Waals surface area contributed by atoms with Gasteiger partial charge in [-0.25, -0.2) is 0 Å². The fraction of sp³-hybridized carbons (Fsp3) is 0.462. The van der Waals surface area contributed by atoms with Crippen molar-refractivity contribution in [2.24, 2.45) is 0 Å².